The summed E-state index contributed by atoms with van der Waals surface area (Å²) in [5.41, 5.74) is 4.08. The molecule has 0 spiro atoms. The first-order valence-corrected chi connectivity index (χ1v) is 13.4. The molecule has 4 aromatic rings. The van der Waals surface area contributed by atoms with Crippen molar-refractivity contribution < 1.29 is 27.8 Å². The first-order chi connectivity index (χ1) is 18.8. The Morgan fingerprint density at radius 2 is 1.87 bits per heavy atom. The smallest absolute Gasteiger partial charge is 0.490 e. The molecular formula is C28H29F3N4O3S. The van der Waals surface area contributed by atoms with E-state index in [1.54, 1.807) is 19.5 Å². The van der Waals surface area contributed by atoms with E-state index in [1.165, 1.54) is 42.6 Å². The number of anilines is 1. The summed E-state index contributed by atoms with van der Waals surface area (Å²) in [5, 5.41) is 11.4. The molecule has 2 aromatic carbocycles. The number of carbonyl (C=O) groups is 1. The molecule has 0 unspecified atom stereocenters. The lowest BCUT2D eigenvalue weighted by atomic mass is 10.0. The van der Waals surface area contributed by atoms with Gasteiger partial charge in [0.2, 0.25) is 0 Å². The quantitative estimate of drug-likeness (QED) is 0.251. The molecule has 2 heterocycles. The topological polar surface area (TPSA) is 88.8 Å². The van der Waals surface area contributed by atoms with Gasteiger partial charge in [-0.1, -0.05) is 49.6 Å². The molecule has 0 radical (unpaired) electrons. The molecule has 1 aliphatic carbocycles. The van der Waals surface area contributed by atoms with Crippen molar-refractivity contribution in [2.24, 2.45) is 0 Å². The van der Waals surface area contributed by atoms with Crippen LogP contribution in [-0.4, -0.2) is 44.0 Å². The summed E-state index contributed by atoms with van der Waals surface area (Å²) >= 11 is 1.96. The second-order valence-corrected chi connectivity index (χ2v) is 10.3. The molecule has 7 nitrogen and oxygen atoms in total. The highest BCUT2D eigenvalue weighted by Gasteiger charge is 2.38. The number of fused-ring (bicyclic) bond motifs is 1. The van der Waals surface area contributed by atoms with Gasteiger partial charge in [-0.05, 0) is 36.6 Å². The average Bonchev–Trinajstić information content (AvgIpc) is 3.31. The van der Waals surface area contributed by atoms with E-state index < -0.39 is 12.1 Å². The number of ether oxygens (including phenoxy) is 1. The fourth-order valence-electron chi connectivity index (χ4n) is 4.34. The van der Waals surface area contributed by atoms with E-state index in [2.05, 4.69) is 57.2 Å². The first kappa shape index (κ1) is 28.3. The third-order valence-corrected chi connectivity index (χ3v) is 7.64. The van der Waals surface area contributed by atoms with Crippen LogP contribution in [0, 0.1) is 0 Å². The summed E-state index contributed by atoms with van der Waals surface area (Å²) in [6, 6.07) is 16.8. The number of carboxylic acid groups (broad SMARTS) is 1. The summed E-state index contributed by atoms with van der Waals surface area (Å²) in [6.07, 6.45) is 7.05. The van der Waals surface area contributed by atoms with E-state index in [0.29, 0.717) is 5.25 Å². The van der Waals surface area contributed by atoms with E-state index in [9.17, 15) is 13.2 Å². The number of halogens is 3. The predicted molar refractivity (Wildman–Crippen MR) is 145 cm³/mol. The molecule has 0 saturated heterocycles. The molecule has 1 saturated carbocycles. The number of hydrogen-bond donors (Lipinski definition) is 2. The number of imidazole rings is 1. The van der Waals surface area contributed by atoms with Crippen LogP contribution in [0.2, 0.25) is 0 Å². The fourth-order valence-corrected chi connectivity index (χ4v) is 5.73. The summed E-state index contributed by atoms with van der Waals surface area (Å²) in [4.78, 5) is 19.3. The maximum Gasteiger partial charge on any atom is 0.490 e. The molecule has 0 aliphatic heterocycles. The highest BCUT2D eigenvalue weighted by Crippen LogP contribution is 2.41. The maximum absolute atomic E-state index is 10.6. The Morgan fingerprint density at radius 3 is 2.54 bits per heavy atom. The summed E-state index contributed by atoms with van der Waals surface area (Å²) in [5.74, 6) is -0.842. The third-order valence-electron chi connectivity index (χ3n) is 6.26. The van der Waals surface area contributed by atoms with Gasteiger partial charge in [0.25, 0.3) is 0 Å². The van der Waals surface area contributed by atoms with Gasteiger partial charge in [0.05, 0.1) is 18.2 Å². The lowest BCUT2D eigenvalue weighted by Crippen LogP contribution is -2.21. The molecule has 11 heteroatoms. The number of rotatable bonds is 7. The minimum absolute atomic E-state index is 0.661. The standard InChI is InChI=1S/C26H28N4OS.C2HF3O2/c1-31-22-13-12-20(16-23(22)32-21-10-6-3-7-11-21)25-26(28-17-19-8-4-2-5-9-19)30-15-14-27-18-24(30)29-25;3-2(4,5)1(6)7/h2,4-5,8-9,12-16,18,21,28H,3,6-7,10-11,17H2,1H3;(H,6,7). The lowest BCUT2D eigenvalue weighted by Gasteiger charge is -2.22. The van der Waals surface area contributed by atoms with Gasteiger partial charge >= 0.3 is 12.1 Å². The van der Waals surface area contributed by atoms with Crippen molar-refractivity contribution in [2.75, 3.05) is 12.4 Å². The average molecular weight is 559 g/mol. The normalized spacial score (nSPS) is 13.9. The largest absolute Gasteiger partial charge is 0.496 e. The fraction of sp³-hybridized carbons (Fsp3) is 0.321. The van der Waals surface area contributed by atoms with Crippen LogP contribution in [0.3, 0.4) is 0 Å². The van der Waals surface area contributed by atoms with Crippen LogP contribution in [0.1, 0.15) is 37.7 Å². The Kier molecular flexibility index (Phi) is 9.34. The summed E-state index contributed by atoms with van der Waals surface area (Å²) in [7, 11) is 1.75. The number of aromatic nitrogens is 3. The second-order valence-electron chi connectivity index (χ2n) is 9.00. The van der Waals surface area contributed by atoms with Crippen molar-refractivity contribution >= 4 is 29.2 Å². The number of methoxy groups -OCH3 is 1. The summed E-state index contributed by atoms with van der Waals surface area (Å²) < 4.78 is 39.5. The van der Waals surface area contributed by atoms with Crippen molar-refractivity contribution in [3.05, 3.63) is 72.7 Å². The molecular weight excluding hydrogens is 529 g/mol. The number of aliphatic carboxylic acids is 1. The van der Waals surface area contributed by atoms with Gasteiger partial charge in [-0.25, -0.2) is 9.78 Å². The Balaban J connectivity index is 0.000000448. The number of hydrogen-bond acceptors (Lipinski definition) is 6. The zero-order valence-electron chi connectivity index (χ0n) is 21.3. The zero-order chi connectivity index (χ0) is 27.8. The SMILES string of the molecule is COc1ccc(-c2nc3cnccn3c2NCc2ccccc2)cc1SC1CCCCC1.O=C(O)C(F)(F)F. The van der Waals surface area contributed by atoms with Crippen LogP contribution in [0.5, 0.6) is 5.75 Å². The number of carboxylic acids is 1. The van der Waals surface area contributed by atoms with E-state index in [1.807, 2.05) is 24.0 Å². The molecule has 39 heavy (non-hydrogen) atoms. The molecule has 1 fully saturated rings. The molecule has 0 atom stereocenters. The van der Waals surface area contributed by atoms with Crippen molar-refractivity contribution in [2.45, 2.75) is 55.0 Å². The van der Waals surface area contributed by atoms with Gasteiger partial charge in [-0.15, -0.1) is 11.8 Å². The van der Waals surface area contributed by atoms with Crippen LogP contribution < -0.4 is 10.1 Å². The van der Waals surface area contributed by atoms with E-state index in [0.717, 1.165) is 35.0 Å². The molecule has 2 aromatic heterocycles. The van der Waals surface area contributed by atoms with Crippen LogP contribution in [0.15, 0.2) is 72.0 Å². The lowest BCUT2D eigenvalue weighted by molar-refractivity contribution is -0.192. The Labute approximate surface area is 228 Å². The minimum Gasteiger partial charge on any atom is -0.496 e. The Morgan fingerprint density at radius 1 is 1.15 bits per heavy atom. The molecule has 5 rings (SSSR count). The number of benzene rings is 2. The Hall–Kier alpha value is -3.73. The number of nitrogens with zero attached hydrogens (tertiary/aromatic N) is 3. The highest BCUT2D eigenvalue weighted by molar-refractivity contribution is 8.00. The van der Waals surface area contributed by atoms with Gasteiger partial charge in [-0.2, -0.15) is 13.2 Å². The van der Waals surface area contributed by atoms with Gasteiger partial charge in [0, 0.05) is 29.8 Å². The van der Waals surface area contributed by atoms with Crippen LogP contribution in [0.4, 0.5) is 19.0 Å². The molecule has 206 valence electrons. The van der Waals surface area contributed by atoms with E-state index >= 15 is 0 Å². The van der Waals surface area contributed by atoms with Gasteiger partial charge in [-0.3, -0.25) is 9.38 Å². The predicted octanol–water partition coefficient (Wildman–Crippen LogP) is 7.08. The van der Waals surface area contributed by atoms with Crippen molar-refractivity contribution in [1.82, 2.24) is 14.4 Å². The van der Waals surface area contributed by atoms with Crippen molar-refractivity contribution in [3.63, 3.8) is 0 Å². The summed E-state index contributed by atoms with van der Waals surface area (Å²) in [6.45, 7) is 0.726. The van der Waals surface area contributed by atoms with Crippen molar-refractivity contribution in [3.8, 4) is 17.0 Å². The van der Waals surface area contributed by atoms with E-state index in [-0.39, 0.29) is 0 Å². The van der Waals surface area contributed by atoms with Gasteiger partial charge < -0.3 is 15.2 Å². The Bertz CT molecular complexity index is 1390. The first-order valence-electron chi connectivity index (χ1n) is 12.5. The van der Waals surface area contributed by atoms with Gasteiger partial charge in [0.15, 0.2) is 5.65 Å². The molecule has 0 amide bonds. The number of alkyl halides is 3. The maximum atomic E-state index is 10.6. The highest BCUT2D eigenvalue weighted by atomic mass is 32.2. The third kappa shape index (κ3) is 7.44. The second kappa shape index (κ2) is 12.9. The van der Waals surface area contributed by atoms with Crippen LogP contribution >= 0.6 is 11.8 Å². The van der Waals surface area contributed by atoms with Gasteiger partial charge in [0.1, 0.15) is 17.3 Å². The van der Waals surface area contributed by atoms with Crippen LogP contribution in [-0.2, 0) is 11.3 Å². The van der Waals surface area contributed by atoms with Crippen LogP contribution in [0.25, 0.3) is 16.9 Å². The molecule has 1 aliphatic rings. The van der Waals surface area contributed by atoms with Crippen molar-refractivity contribution in [1.29, 1.82) is 0 Å². The number of nitrogens with one attached hydrogen (secondary N) is 1. The zero-order valence-corrected chi connectivity index (χ0v) is 22.1. The molecule has 2 N–H and O–H groups in total. The minimum atomic E-state index is -5.08. The number of thioether (sulfide) groups is 1. The molecule has 0 bridgehead atoms. The van der Waals surface area contributed by atoms with E-state index in [4.69, 9.17) is 19.6 Å². The monoisotopic (exact) mass is 558 g/mol.